The van der Waals surface area contributed by atoms with Crippen molar-refractivity contribution in [2.45, 2.75) is 71.0 Å². The number of carbonyl (C=O) groups is 1. The third-order valence-corrected chi connectivity index (χ3v) is 6.30. The molecule has 0 spiro atoms. The molecule has 1 aliphatic rings. The number of carbonyl (C=O) groups excluding carboxylic acids is 1. The number of hydrogen-bond acceptors (Lipinski definition) is 5. The molecule has 0 bridgehead atoms. The molecule has 1 amide bonds. The number of ether oxygens (including phenoxy) is 2. The van der Waals surface area contributed by atoms with Gasteiger partial charge in [0, 0.05) is 45.6 Å². The van der Waals surface area contributed by atoms with Crippen molar-refractivity contribution < 1.29 is 19.2 Å². The Morgan fingerprint density at radius 2 is 1.86 bits per heavy atom. The Hall–Kier alpha value is -1.80. The van der Waals surface area contributed by atoms with Crippen LogP contribution >= 0.6 is 11.6 Å². The Morgan fingerprint density at radius 3 is 2.34 bits per heavy atom. The third kappa shape index (κ3) is 6.89. The Kier molecular flexibility index (Phi) is 7.22. The van der Waals surface area contributed by atoms with Gasteiger partial charge < -0.3 is 14.4 Å². The first-order valence-corrected chi connectivity index (χ1v) is 14.0. The van der Waals surface area contributed by atoms with E-state index in [0.29, 0.717) is 48.3 Å². The largest absolute Gasteiger partial charge is 0.489 e. The average molecular weight is 443 g/mol. The summed E-state index contributed by atoms with van der Waals surface area (Å²) >= 11 is 6.54. The van der Waals surface area contributed by atoms with Crippen LogP contribution in [0.25, 0.3) is 0 Å². The first-order valence-electron chi connectivity index (χ1n) is 9.87. The van der Waals surface area contributed by atoms with Gasteiger partial charge in [-0.1, -0.05) is 31.2 Å². The monoisotopic (exact) mass is 442 g/mol. The lowest BCUT2D eigenvalue weighted by molar-refractivity contribution is -0.385. The zero-order chi connectivity index (χ0) is 22.0. The molecule has 1 aliphatic heterocycles. The van der Waals surface area contributed by atoms with E-state index in [0.717, 1.165) is 0 Å². The molecular formula is C20H31ClN2O5Si. The number of nitro groups is 1. The van der Waals surface area contributed by atoms with Crippen LogP contribution < -0.4 is 4.74 Å². The molecule has 0 aliphatic carbocycles. The smallest absolute Gasteiger partial charge is 0.410 e. The van der Waals surface area contributed by atoms with Gasteiger partial charge >= 0.3 is 6.09 Å². The Bertz CT molecular complexity index is 765. The molecule has 7 nitrogen and oxygen atoms in total. The summed E-state index contributed by atoms with van der Waals surface area (Å²) in [5, 5.41) is 11.8. The van der Waals surface area contributed by atoms with Crippen molar-refractivity contribution in [3.8, 4) is 5.75 Å². The molecule has 29 heavy (non-hydrogen) atoms. The highest BCUT2D eigenvalue weighted by Crippen LogP contribution is 2.37. The minimum Gasteiger partial charge on any atom is -0.489 e. The Morgan fingerprint density at radius 1 is 1.28 bits per heavy atom. The summed E-state index contributed by atoms with van der Waals surface area (Å²) in [6.45, 7) is 13.0. The number of nitro benzene ring substituents is 1. The second kappa shape index (κ2) is 8.91. The Labute approximate surface area is 178 Å². The first-order chi connectivity index (χ1) is 13.3. The number of rotatable bonds is 5. The fourth-order valence-corrected chi connectivity index (χ4v) is 5.01. The van der Waals surface area contributed by atoms with Gasteiger partial charge in [-0.25, -0.2) is 4.79 Å². The van der Waals surface area contributed by atoms with Crippen LogP contribution in [0.5, 0.6) is 5.75 Å². The quantitative estimate of drug-likeness (QED) is 0.344. The van der Waals surface area contributed by atoms with Crippen LogP contribution in [0.3, 0.4) is 0 Å². The molecule has 1 aromatic rings. The molecule has 0 atom stereocenters. The van der Waals surface area contributed by atoms with Gasteiger partial charge in [0.15, 0.2) is 0 Å². The zero-order valence-corrected chi connectivity index (χ0v) is 19.8. The van der Waals surface area contributed by atoms with Gasteiger partial charge in [-0.15, -0.1) is 0 Å². The van der Waals surface area contributed by atoms with Crippen LogP contribution in [0.15, 0.2) is 12.1 Å². The van der Waals surface area contributed by atoms with E-state index in [4.69, 9.17) is 21.1 Å². The molecule has 9 heteroatoms. The highest BCUT2D eigenvalue weighted by molar-refractivity contribution is 6.75. The van der Waals surface area contributed by atoms with Gasteiger partial charge in [-0.2, -0.15) is 0 Å². The standard InChI is InChI=1S/C20H31ClN2O5Si/c1-20(2,3)28-19(24)22-11-9-14(10-12-22)27-17-8-7-16(23(25)26)15(18(17)21)13-29(4,5)6/h7-8,14H,9-13H2,1-6H3. The zero-order valence-electron chi connectivity index (χ0n) is 18.1. The molecule has 0 aromatic heterocycles. The molecule has 162 valence electrons. The summed E-state index contributed by atoms with van der Waals surface area (Å²) in [5.41, 5.74) is 0.0766. The molecule has 2 rings (SSSR count). The molecule has 1 heterocycles. The van der Waals surface area contributed by atoms with Crippen LogP contribution in [-0.4, -0.2) is 48.8 Å². The molecule has 0 N–H and O–H groups in total. The summed E-state index contributed by atoms with van der Waals surface area (Å²) < 4.78 is 11.5. The minimum atomic E-state index is -1.63. The highest BCUT2D eigenvalue weighted by Gasteiger charge is 2.30. The SMILES string of the molecule is CC(C)(C)OC(=O)N1CCC(Oc2ccc([N+](=O)[O-])c(C[Si](C)(C)C)c2Cl)CC1. The van der Waals surface area contributed by atoms with Crippen molar-refractivity contribution >= 4 is 31.5 Å². The van der Waals surface area contributed by atoms with E-state index in [9.17, 15) is 14.9 Å². The second-order valence-corrected chi connectivity index (χ2v) is 15.5. The molecule has 0 saturated carbocycles. The van der Waals surface area contributed by atoms with E-state index in [1.807, 2.05) is 20.8 Å². The first kappa shape index (κ1) is 23.5. The number of nitrogens with zero attached hydrogens (tertiary/aromatic N) is 2. The normalized spacial score (nSPS) is 15.9. The maximum Gasteiger partial charge on any atom is 0.410 e. The molecule has 0 unspecified atom stereocenters. The number of likely N-dealkylation sites (tertiary alicyclic amines) is 1. The number of benzene rings is 1. The fourth-order valence-electron chi connectivity index (χ4n) is 3.21. The van der Waals surface area contributed by atoms with Crippen molar-refractivity contribution in [2.24, 2.45) is 0 Å². The summed E-state index contributed by atoms with van der Waals surface area (Å²) in [7, 11) is -1.63. The van der Waals surface area contributed by atoms with Gasteiger partial charge in [-0.3, -0.25) is 10.1 Å². The lowest BCUT2D eigenvalue weighted by Gasteiger charge is -2.33. The lowest BCUT2D eigenvalue weighted by Crippen LogP contribution is -2.44. The van der Waals surface area contributed by atoms with Crippen molar-refractivity contribution in [3.63, 3.8) is 0 Å². The van der Waals surface area contributed by atoms with Crippen molar-refractivity contribution in [1.82, 2.24) is 4.90 Å². The van der Waals surface area contributed by atoms with E-state index >= 15 is 0 Å². The second-order valence-electron chi connectivity index (χ2n) is 9.65. The van der Waals surface area contributed by atoms with Crippen LogP contribution in [0.2, 0.25) is 24.7 Å². The van der Waals surface area contributed by atoms with Gasteiger partial charge in [0.1, 0.15) is 17.5 Å². The number of hydrogen-bond donors (Lipinski definition) is 0. The average Bonchev–Trinajstić information content (AvgIpc) is 2.56. The van der Waals surface area contributed by atoms with Gasteiger partial charge in [-0.05, 0) is 32.9 Å². The number of amides is 1. The maximum atomic E-state index is 12.2. The van der Waals surface area contributed by atoms with Crippen LogP contribution in [0.1, 0.15) is 39.2 Å². The van der Waals surface area contributed by atoms with Gasteiger partial charge in [0.05, 0.1) is 9.95 Å². The predicted octanol–water partition coefficient (Wildman–Crippen LogP) is 5.45. The topological polar surface area (TPSA) is 81.9 Å². The van der Waals surface area contributed by atoms with Gasteiger partial charge in [0.25, 0.3) is 5.69 Å². The van der Waals surface area contributed by atoms with Crippen LogP contribution in [0, 0.1) is 10.1 Å². The summed E-state index contributed by atoms with van der Waals surface area (Å²) in [6, 6.07) is 3.66. The van der Waals surface area contributed by atoms with E-state index in [1.54, 1.807) is 11.0 Å². The molecular weight excluding hydrogens is 412 g/mol. The van der Waals surface area contributed by atoms with E-state index in [1.165, 1.54) is 6.07 Å². The van der Waals surface area contributed by atoms with E-state index < -0.39 is 13.7 Å². The summed E-state index contributed by atoms with van der Waals surface area (Å²) in [4.78, 5) is 24.9. The van der Waals surface area contributed by atoms with Crippen molar-refractivity contribution in [3.05, 3.63) is 32.8 Å². The molecule has 0 radical (unpaired) electrons. The molecule has 1 fully saturated rings. The number of piperidine rings is 1. The summed E-state index contributed by atoms with van der Waals surface area (Å²) in [5.74, 6) is 0.473. The Balaban J connectivity index is 2.09. The molecule has 1 saturated heterocycles. The lowest BCUT2D eigenvalue weighted by atomic mass is 10.1. The maximum absolute atomic E-state index is 12.2. The summed E-state index contributed by atoms with van der Waals surface area (Å²) in [6.07, 6.45) is 0.875. The fraction of sp³-hybridized carbons (Fsp3) is 0.650. The van der Waals surface area contributed by atoms with Crippen molar-refractivity contribution in [1.29, 1.82) is 0 Å². The predicted molar refractivity (Wildman–Crippen MR) is 117 cm³/mol. The highest BCUT2D eigenvalue weighted by atomic mass is 35.5. The van der Waals surface area contributed by atoms with E-state index in [-0.39, 0.29) is 22.8 Å². The van der Waals surface area contributed by atoms with Crippen LogP contribution in [0.4, 0.5) is 10.5 Å². The molecule has 1 aromatic carbocycles. The minimum absolute atomic E-state index is 0.0459. The van der Waals surface area contributed by atoms with Gasteiger partial charge in [0.2, 0.25) is 0 Å². The number of halogens is 1. The van der Waals surface area contributed by atoms with Crippen LogP contribution in [-0.2, 0) is 10.8 Å². The van der Waals surface area contributed by atoms with E-state index in [2.05, 4.69) is 19.6 Å². The third-order valence-electron chi connectivity index (χ3n) is 4.47. The van der Waals surface area contributed by atoms with Crippen molar-refractivity contribution in [2.75, 3.05) is 13.1 Å².